The third kappa shape index (κ3) is 3.02. The molecule has 0 aromatic heterocycles. The highest BCUT2D eigenvalue weighted by Gasteiger charge is 2.52. The molecule has 2 rings (SSSR count). The number of nitrogens with zero attached hydrogens (tertiary/aromatic N) is 1. The van der Waals surface area contributed by atoms with Crippen LogP contribution in [0.1, 0.15) is 34.6 Å². The topological polar surface area (TPSA) is 68.0 Å². The van der Waals surface area contributed by atoms with E-state index in [4.69, 9.17) is 15.2 Å². The summed E-state index contributed by atoms with van der Waals surface area (Å²) in [5.74, 6) is 0.275. The Bertz CT molecular complexity index is 346. The van der Waals surface area contributed by atoms with Gasteiger partial charge >= 0.3 is 0 Å². The largest absolute Gasteiger partial charge is 0.394 e. The van der Waals surface area contributed by atoms with E-state index in [1.165, 1.54) is 0 Å². The fourth-order valence-electron chi connectivity index (χ4n) is 3.56. The molecule has 0 aliphatic carbocycles. The Labute approximate surface area is 122 Å². The fourth-order valence-corrected chi connectivity index (χ4v) is 3.56. The molecule has 2 aliphatic rings. The van der Waals surface area contributed by atoms with Gasteiger partial charge in [0.1, 0.15) is 0 Å². The van der Waals surface area contributed by atoms with Crippen molar-refractivity contribution in [2.75, 3.05) is 26.3 Å². The summed E-state index contributed by atoms with van der Waals surface area (Å²) < 4.78 is 11.8. The second-order valence-corrected chi connectivity index (χ2v) is 7.38. The number of aliphatic hydroxyl groups is 1. The van der Waals surface area contributed by atoms with Crippen LogP contribution < -0.4 is 5.73 Å². The maximum atomic E-state index is 9.29. The molecular weight excluding hydrogens is 256 g/mol. The third-order valence-corrected chi connectivity index (χ3v) is 4.92. The summed E-state index contributed by atoms with van der Waals surface area (Å²) in [5.41, 5.74) is 5.91. The summed E-state index contributed by atoms with van der Waals surface area (Å²) in [5, 5.41) is 9.29. The van der Waals surface area contributed by atoms with Gasteiger partial charge in [-0.2, -0.15) is 0 Å². The fraction of sp³-hybridized carbons (Fsp3) is 1.00. The minimum atomic E-state index is -0.292. The standard InChI is InChI=1S/C15H30N2O3/c1-10-9-19-11(8-18)6-17(10)7-12-13(16)15(4,5)20-14(12,2)3/h10-13,18H,6-9,16H2,1-5H3. The molecule has 0 spiro atoms. The minimum absolute atomic E-state index is 0.0140. The molecule has 0 aromatic carbocycles. The Morgan fingerprint density at radius 3 is 2.40 bits per heavy atom. The van der Waals surface area contributed by atoms with Crippen molar-refractivity contribution in [3.05, 3.63) is 0 Å². The average Bonchev–Trinajstić information content (AvgIpc) is 2.50. The lowest BCUT2D eigenvalue weighted by Gasteiger charge is -2.41. The number of ether oxygens (including phenoxy) is 2. The van der Waals surface area contributed by atoms with Crippen LogP contribution in [0.3, 0.4) is 0 Å². The third-order valence-electron chi connectivity index (χ3n) is 4.92. The average molecular weight is 286 g/mol. The summed E-state index contributed by atoms with van der Waals surface area (Å²) >= 11 is 0. The van der Waals surface area contributed by atoms with Crippen LogP contribution in [0.2, 0.25) is 0 Å². The van der Waals surface area contributed by atoms with E-state index in [0.29, 0.717) is 12.6 Å². The Morgan fingerprint density at radius 1 is 1.25 bits per heavy atom. The summed E-state index contributed by atoms with van der Waals surface area (Å²) in [7, 11) is 0. The van der Waals surface area contributed by atoms with Gasteiger partial charge in [0.15, 0.2) is 0 Å². The van der Waals surface area contributed by atoms with Crippen LogP contribution >= 0.6 is 0 Å². The molecule has 2 aliphatic heterocycles. The van der Waals surface area contributed by atoms with Crippen molar-refractivity contribution in [2.24, 2.45) is 11.7 Å². The molecule has 2 saturated heterocycles. The van der Waals surface area contributed by atoms with Gasteiger partial charge in [0.2, 0.25) is 0 Å². The zero-order valence-electron chi connectivity index (χ0n) is 13.4. The van der Waals surface area contributed by atoms with Gasteiger partial charge in [-0.15, -0.1) is 0 Å². The van der Waals surface area contributed by atoms with Crippen molar-refractivity contribution in [3.63, 3.8) is 0 Å². The molecule has 4 atom stereocenters. The maximum absolute atomic E-state index is 9.29. The molecule has 118 valence electrons. The van der Waals surface area contributed by atoms with E-state index in [1.807, 2.05) is 0 Å². The van der Waals surface area contributed by atoms with Crippen molar-refractivity contribution in [1.82, 2.24) is 4.90 Å². The number of morpholine rings is 1. The highest BCUT2D eigenvalue weighted by molar-refractivity contribution is 5.05. The number of aliphatic hydroxyl groups excluding tert-OH is 1. The van der Waals surface area contributed by atoms with Crippen LogP contribution in [0.5, 0.6) is 0 Å². The van der Waals surface area contributed by atoms with Gasteiger partial charge < -0.3 is 20.3 Å². The summed E-state index contributed by atoms with van der Waals surface area (Å²) in [6.07, 6.45) is -0.0825. The Kier molecular flexibility index (Phi) is 4.48. The zero-order chi connectivity index (χ0) is 15.1. The van der Waals surface area contributed by atoms with E-state index < -0.39 is 0 Å². The van der Waals surface area contributed by atoms with Crippen LogP contribution in [-0.2, 0) is 9.47 Å². The predicted molar refractivity (Wildman–Crippen MR) is 78.6 cm³/mol. The van der Waals surface area contributed by atoms with Gasteiger partial charge in [0, 0.05) is 31.1 Å². The van der Waals surface area contributed by atoms with Gasteiger partial charge in [-0.25, -0.2) is 0 Å². The number of rotatable bonds is 3. The molecule has 5 heteroatoms. The molecule has 4 unspecified atom stereocenters. The van der Waals surface area contributed by atoms with Gasteiger partial charge in [-0.1, -0.05) is 0 Å². The molecule has 5 nitrogen and oxygen atoms in total. The monoisotopic (exact) mass is 286 g/mol. The zero-order valence-corrected chi connectivity index (χ0v) is 13.4. The van der Waals surface area contributed by atoms with E-state index >= 15 is 0 Å². The second-order valence-electron chi connectivity index (χ2n) is 7.38. The van der Waals surface area contributed by atoms with E-state index in [0.717, 1.165) is 13.1 Å². The highest BCUT2D eigenvalue weighted by atomic mass is 16.5. The van der Waals surface area contributed by atoms with Gasteiger partial charge in [-0.3, -0.25) is 4.90 Å². The van der Waals surface area contributed by atoms with Crippen molar-refractivity contribution >= 4 is 0 Å². The minimum Gasteiger partial charge on any atom is -0.394 e. The predicted octanol–water partition coefficient (Wildman–Crippen LogP) is 0.599. The molecule has 0 aromatic rings. The molecular formula is C15H30N2O3. The molecule has 0 amide bonds. The van der Waals surface area contributed by atoms with E-state index in [2.05, 4.69) is 39.5 Å². The normalized spacial score (nSPS) is 41.0. The lowest BCUT2D eigenvalue weighted by molar-refractivity contribution is -0.0981. The van der Waals surface area contributed by atoms with Crippen LogP contribution in [0.15, 0.2) is 0 Å². The maximum Gasteiger partial charge on any atom is 0.0933 e. The summed E-state index contributed by atoms with van der Waals surface area (Å²) in [4.78, 5) is 2.38. The van der Waals surface area contributed by atoms with Gasteiger partial charge in [0.25, 0.3) is 0 Å². The van der Waals surface area contributed by atoms with E-state index in [9.17, 15) is 5.11 Å². The Morgan fingerprint density at radius 2 is 1.90 bits per heavy atom. The molecule has 3 N–H and O–H groups in total. The molecule has 0 bridgehead atoms. The van der Waals surface area contributed by atoms with Crippen LogP contribution in [0.4, 0.5) is 0 Å². The van der Waals surface area contributed by atoms with Crippen molar-refractivity contribution in [1.29, 1.82) is 0 Å². The first-order valence-electron chi connectivity index (χ1n) is 7.59. The lowest BCUT2D eigenvalue weighted by Crippen LogP contribution is -2.55. The lowest BCUT2D eigenvalue weighted by atomic mass is 9.82. The summed E-state index contributed by atoms with van der Waals surface area (Å²) in [6.45, 7) is 12.9. The number of hydrogen-bond acceptors (Lipinski definition) is 5. The first kappa shape index (κ1) is 16.2. The second kappa shape index (κ2) is 5.54. The smallest absolute Gasteiger partial charge is 0.0933 e. The Balaban J connectivity index is 2.08. The Hall–Kier alpha value is -0.200. The van der Waals surface area contributed by atoms with Gasteiger partial charge in [0.05, 0.1) is 30.5 Å². The van der Waals surface area contributed by atoms with Crippen molar-refractivity contribution < 1.29 is 14.6 Å². The highest BCUT2D eigenvalue weighted by Crippen LogP contribution is 2.41. The van der Waals surface area contributed by atoms with Crippen molar-refractivity contribution in [3.8, 4) is 0 Å². The van der Waals surface area contributed by atoms with Crippen LogP contribution in [0.25, 0.3) is 0 Å². The number of nitrogens with two attached hydrogens (primary N) is 1. The first-order chi connectivity index (χ1) is 9.17. The van der Waals surface area contributed by atoms with Gasteiger partial charge in [-0.05, 0) is 34.6 Å². The van der Waals surface area contributed by atoms with Crippen molar-refractivity contribution in [2.45, 2.75) is 64.0 Å². The summed E-state index contributed by atoms with van der Waals surface area (Å²) in [6, 6.07) is 0.365. The quantitative estimate of drug-likeness (QED) is 0.795. The molecule has 0 radical (unpaired) electrons. The molecule has 2 heterocycles. The first-order valence-corrected chi connectivity index (χ1v) is 7.59. The van der Waals surface area contributed by atoms with Crippen LogP contribution in [-0.4, -0.2) is 65.7 Å². The van der Waals surface area contributed by atoms with E-state index in [1.54, 1.807) is 0 Å². The van der Waals surface area contributed by atoms with Crippen LogP contribution in [0, 0.1) is 5.92 Å². The molecule has 20 heavy (non-hydrogen) atoms. The molecule has 2 fully saturated rings. The number of hydrogen-bond donors (Lipinski definition) is 2. The SMILES string of the molecule is CC1COC(CO)CN1CC1C(N)C(C)(C)OC1(C)C. The van der Waals surface area contributed by atoms with E-state index in [-0.39, 0.29) is 35.9 Å². The molecule has 0 saturated carbocycles.